The fourth-order valence-corrected chi connectivity index (χ4v) is 3.06. The molecular weight excluding hydrogens is 411 g/mol. The molecule has 0 spiro atoms. The van der Waals surface area contributed by atoms with E-state index in [4.69, 9.17) is 5.26 Å². The van der Waals surface area contributed by atoms with Crippen LogP contribution in [0.15, 0.2) is 36.8 Å². The minimum absolute atomic E-state index is 0.0446. The normalized spacial score (nSPS) is 14.7. The van der Waals surface area contributed by atoms with Crippen molar-refractivity contribution >= 4 is 5.91 Å². The molecule has 158 valence electrons. The number of aromatic nitrogens is 5. The van der Waals surface area contributed by atoms with E-state index in [-0.39, 0.29) is 17.2 Å². The van der Waals surface area contributed by atoms with Crippen LogP contribution in [0.4, 0.5) is 13.2 Å². The smallest absolute Gasteiger partial charge is 0.342 e. The second kappa shape index (κ2) is 7.79. The summed E-state index contributed by atoms with van der Waals surface area (Å²) in [6.07, 6.45) is -0.484. The molecule has 1 unspecified atom stereocenters. The van der Waals surface area contributed by atoms with Crippen molar-refractivity contribution in [2.45, 2.75) is 37.9 Å². The van der Waals surface area contributed by atoms with Gasteiger partial charge in [0.1, 0.15) is 18.1 Å². The zero-order valence-electron chi connectivity index (χ0n) is 16.3. The van der Waals surface area contributed by atoms with Gasteiger partial charge in [-0.2, -0.15) is 28.2 Å². The van der Waals surface area contributed by atoms with Gasteiger partial charge in [0, 0.05) is 23.4 Å². The van der Waals surface area contributed by atoms with Crippen molar-refractivity contribution in [3.05, 3.63) is 65.1 Å². The zero-order chi connectivity index (χ0) is 22.2. The second-order valence-electron chi connectivity index (χ2n) is 7.18. The third-order valence-corrected chi connectivity index (χ3v) is 4.80. The molecule has 1 aliphatic rings. The van der Waals surface area contributed by atoms with Gasteiger partial charge in [-0.3, -0.25) is 4.79 Å². The molecule has 1 fully saturated rings. The van der Waals surface area contributed by atoms with Gasteiger partial charge in [-0.05, 0) is 44.0 Å². The summed E-state index contributed by atoms with van der Waals surface area (Å²) in [6.45, 7) is 1.63. The molecule has 1 N–H and O–H groups in total. The SMILES string of the molecule is CC(NC(=O)c1cc(C2CC2)nc(C(F)(F)F)c1)c1ncnn1-c1ccc(C#N)cn1. The first-order valence-electron chi connectivity index (χ1n) is 9.42. The highest BCUT2D eigenvalue weighted by Gasteiger charge is 2.36. The maximum Gasteiger partial charge on any atom is 0.433 e. The fourth-order valence-electron chi connectivity index (χ4n) is 3.06. The molecule has 11 heteroatoms. The maximum absolute atomic E-state index is 13.2. The monoisotopic (exact) mass is 427 g/mol. The number of carbonyl (C=O) groups is 1. The van der Waals surface area contributed by atoms with Gasteiger partial charge < -0.3 is 5.32 Å². The Morgan fingerprint density at radius 3 is 2.68 bits per heavy atom. The van der Waals surface area contributed by atoms with Gasteiger partial charge in [-0.25, -0.2) is 15.0 Å². The number of amides is 1. The zero-order valence-corrected chi connectivity index (χ0v) is 16.3. The van der Waals surface area contributed by atoms with Crippen LogP contribution < -0.4 is 5.32 Å². The van der Waals surface area contributed by atoms with E-state index >= 15 is 0 Å². The van der Waals surface area contributed by atoms with Crippen molar-refractivity contribution in [3.63, 3.8) is 0 Å². The van der Waals surface area contributed by atoms with Gasteiger partial charge in [0.05, 0.1) is 11.6 Å². The topological polar surface area (TPSA) is 109 Å². The van der Waals surface area contributed by atoms with E-state index in [1.54, 1.807) is 19.1 Å². The van der Waals surface area contributed by atoms with Crippen molar-refractivity contribution in [2.24, 2.45) is 0 Å². The first-order chi connectivity index (χ1) is 14.8. The quantitative estimate of drug-likeness (QED) is 0.669. The summed E-state index contributed by atoms with van der Waals surface area (Å²) in [5.74, 6) is -0.00794. The molecule has 0 aromatic carbocycles. The average Bonchev–Trinajstić information content (AvgIpc) is 3.49. The summed E-state index contributed by atoms with van der Waals surface area (Å²) in [5, 5.41) is 15.6. The number of hydrogen-bond donors (Lipinski definition) is 1. The van der Waals surface area contributed by atoms with Crippen molar-refractivity contribution in [2.75, 3.05) is 0 Å². The van der Waals surface area contributed by atoms with Gasteiger partial charge in [-0.1, -0.05) is 0 Å². The second-order valence-corrected chi connectivity index (χ2v) is 7.18. The predicted molar refractivity (Wildman–Crippen MR) is 101 cm³/mol. The van der Waals surface area contributed by atoms with Crippen LogP contribution in [0.3, 0.4) is 0 Å². The number of nitrogens with one attached hydrogen (secondary N) is 1. The van der Waals surface area contributed by atoms with Crippen molar-refractivity contribution < 1.29 is 18.0 Å². The van der Waals surface area contributed by atoms with E-state index in [0.717, 1.165) is 18.9 Å². The molecule has 31 heavy (non-hydrogen) atoms. The first-order valence-corrected chi connectivity index (χ1v) is 9.42. The van der Waals surface area contributed by atoms with Crippen molar-refractivity contribution in [1.29, 1.82) is 5.26 Å². The van der Waals surface area contributed by atoms with E-state index in [2.05, 4.69) is 25.4 Å². The number of hydrogen-bond acceptors (Lipinski definition) is 6. The number of nitriles is 1. The van der Waals surface area contributed by atoms with Crippen LogP contribution in [0.5, 0.6) is 0 Å². The molecule has 0 bridgehead atoms. The third kappa shape index (κ3) is 4.37. The number of rotatable bonds is 5. The Bertz CT molecular complexity index is 1160. The highest BCUT2D eigenvalue weighted by Crippen LogP contribution is 2.40. The lowest BCUT2D eigenvalue weighted by molar-refractivity contribution is -0.141. The molecule has 1 atom stereocenters. The molecule has 3 aromatic rings. The van der Waals surface area contributed by atoms with Crippen LogP contribution >= 0.6 is 0 Å². The maximum atomic E-state index is 13.2. The molecule has 3 heterocycles. The van der Waals surface area contributed by atoms with Gasteiger partial charge in [-0.15, -0.1) is 0 Å². The standard InChI is InChI=1S/C20H16F3N7O/c1-11(18-26-10-27-30(18)17-5-2-12(8-24)9-25-17)28-19(31)14-6-15(13-3-4-13)29-16(7-14)20(21,22)23/h2,5-7,9-11,13H,3-4H2,1H3,(H,28,31). The lowest BCUT2D eigenvalue weighted by Crippen LogP contribution is -2.29. The Hall–Kier alpha value is -3.81. The van der Waals surface area contributed by atoms with Gasteiger partial charge in [0.15, 0.2) is 11.6 Å². The van der Waals surface area contributed by atoms with Crippen LogP contribution in [-0.2, 0) is 6.18 Å². The number of alkyl halides is 3. The first kappa shape index (κ1) is 20.5. The Kier molecular flexibility index (Phi) is 5.14. The van der Waals surface area contributed by atoms with E-state index < -0.39 is 23.8 Å². The molecule has 0 saturated heterocycles. The highest BCUT2D eigenvalue weighted by atomic mass is 19.4. The molecule has 1 amide bonds. The Morgan fingerprint density at radius 2 is 2.06 bits per heavy atom. The summed E-state index contributed by atoms with van der Waals surface area (Å²) in [5.41, 5.74) is -0.549. The molecule has 3 aromatic heterocycles. The number of nitrogens with zero attached hydrogens (tertiary/aromatic N) is 6. The molecular formula is C20H16F3N7O. The van der Waals surface area contributed by atoms with Crippen LogP contribution in [0, 0.1) is 11.3 Å². The Labute approximate surface area is 174 Å². The summed E-state index contributed by atoms with van der Waals surface area (Å²) in [7, 11) is 0. The van der Waals surface area contributed by atoms with E-state index in [1.165, 1.54) is 23.3 Å². The van der Waals surface area contributed by atoms with Gasteiger partial charge >= 0.3 is 6.18 Å². The summed E-state index contributed by atoms with van der Waals surface area (Å²) >= 11 is 0. The van der Waals surface area contributed by atoms with Crippen LogP contribution in [0.25, 0.3) is 5.82 Å². The lowest BCUT2D eigenvalue weighted by Gasteiger charge is -2.16. The molecule has 0 radical (unpaired) electrons. The lowest BCUT2D eigenvalue weighted by atomic mass is 10.1. The molecule has 8 nitrogen and oxygen atoms in total. The Balaban J connectivity index is 1.58. The summed E-state index contributed by atoms with van der Waals surface area (Å²) < 4.78 is 41.1. The van der Waals surface area contributed by atoms with E-state index in [1.807, 2.05) is 6.07 Å². The number of pyridine rings is 2. The predicted octanol–water partition coefficient (Wildman–Crippen LogP) is 3.32. The number of carbonyl (C=O) groups excluding carboxylic acids is 1. The van der Waals surface area contributed by atoms with Crippen LogP contribution in [0.2, 0.25) is 0 Å². The largest absolute Gasteiger partial charge is 0.433 e. The molecule has 0 aliphatic heterocycles. The average molecular weight is 427 g/mol. The van der Waals surface area contributed by atoms with Gasteiger partial charge in [0.25, 0.3) is 5.91 Å². The van der Waals surface area contributed by atoms with E-state index in [9.17, 15) is 18.0 Å². The van der Waals surface area contributed by atoms with Crippen LogP contribution in [0.1, 0.15) is 64.9 Å². The van der Waals surface area contributed by atoms with Crippen LogP contribution in [-0.4, -0.2) is 30.6 Å². The molecule has 1 saturated carbocycles. The van der Waals surface area contributed by atoms with Crippen molar-refractivity contribution in [3.8, 4) is 11.9 Å². The third-order valence-electron chi connectivity index (χ3n) is 4.80. The summed E-state index contributed by atoms with van der Waals surface area (Å²) in [4.78, 5) is 24.7. The minimum Gasteiger partial charge on any atom is -0.342 e. The minimum atomic E-state index is -4.65. The van der Waals surface area contributed by atoms with E-state index in [0.29, 0.717) is 17.2 Å². The summed E-state index contributed by atoms with van der Waals surface area (Å²) in [6, 6.07) is 6.57. The number of halogens is 3. The Morgan fingerprint density at radius 1 is 1.29 bits per heavy atom. The highest BCUT2D eigenvalue weighted by molar-refractivity contribution is 5.94. The molecule has 1 aliphatic carbocycles. The van der Waals surface area contributed by atoms with Crippen molar-refractivity contribution in [1.82, 2.24) is 30.0 Å². The fraction of sp³-hybridized carbons (Fsp3) is 0.300. The van der Waals surface area contributed by atoms with Gasteiger partial charge in [0.2, 0.25) is 0 Å². The molecule has 4 rings (SSSR count).